The van der Waals surface area contributed by atoms with Crippen LogP contribution in [0.1, 0.15) is 45.6 Å². The predicted molar refractivity (Wildman–Crippen MR) is 92.7 cm³/mol. The van der Waals surface area contributed by atoms with Gasteiger partial charge in [-0.1, -0.05) is 6.92 Å². The smallest absolute Gasteiger partial charge is 0.120 e. The van der Waals surface area contributed by atoms with Gasteiger partial charge in [0.1, 0.15) is 5.75 Å². The number of nitrogens with zero attached hydrogens (tertiary/aromatic N) is 1. The summed E-state index contributed by atoms with van der Waals surface area (Å²) in [6, 6.07) is 7.09. The quantitative estimate of drug-likeness (QED) is 0.858. The van der Waals surface area contributed by atoms with Crippen LogP contribution in [0.5, 0.6) is 5.75 Å². The van der Waals surface area contributed by atoms with Gasteiger partial charge in [-0.3, -0.25) is 0 Å². The fraction of sp³-hybridized carbons (Fsp3) is 0.579. The minimum absolute atomic E-state index is 0.217. The molecule has 22 heavy (non-hydrogen) atoms. The third kappa shape index (κ3) is 3.30. The molecule has 0 amide bonds. The van der Waals surface area contributed by atoms with Crippen LogP contribution in [0.25, 0.3) is 10.9 Å². The highest BCUT2D eigenvalue weighted by molar-refractivity contribution is 5.84. The molecule has 120 valence electrons. The molecule has 0 radical (unpaired) electrons. The molecule has 0 saturated carbocycles. The van der Waals surface area contributed by atoms with Gasteiger partial charge in [0.05, 0.1) is 6.10 Å². The predicted octanol–water partition coefficient (Wildman–Crippen LogP) is 4.37. The maximum Gasteiger partial charge on any atom is 0.120 e. The second kappa shape index (κ2) is 6.74. The van der Waals surface area contributed by atoms with Crippen molar-refractivity contribution in [3.63, 3.8) is 0 Å². The average molecular weight is 300 g/mol. The van der Waals surface area contributed by atoms with Gasteiger partial charge in [-0.2, -0.15) is 0 Å². The van der Waals surface area contributed by atoms with Gasteiger partial charge in [-0.15, -0.1) is 0 Å². The Morgan fingerprint density at radius 2 is 2.23 bits per heavy atom. The summed E-state index contributed by atoms with van der Waals surface area (Å²) in [6.45, 7) is 8.92. The molecule has 1 N–H and O–H groups in total. The van der Waals surface area contributed by atoms with E-state index in [1.165, 1.54) is 48.8 Å². The van der Waals surface area contributed by atoms with Crippen molar-refractivity contribution >= 4 is 10.9 Å². The number of rotatable bonds is 6. The van der Waals surface area contributed by atoms with Gasteiger partial charge in [0.2, 0.25) is 0 Å². The maximum atomic E-state index is 5.85. The lowest BCUT2D eigenvalue weighted by molar-refractivity contribution is 0.242. The van der Waals surface area contributed by atoms with Crippen LogP contribution in [0, 0.1) is 0 Å². The molecule has 2 heterocycles. The molecule has 1 saturated heterocycles. The number of aromatic amines is 1. The number of hydrogen-bond donors (Lipinski definition) is 1. The van der Waals surface area contributed by atoms with E-state index in [-0.39, 0.29) is 6.10 Å². The zero-order chi connectivity index (χ0) is 15.5. The van der Waals surface area contributed by atoms with E-state index in [2.05, 4.69) is 55.1 Å². The monoisotopic (exact) mass is 300 g/mol. The first-order valence-corrected chi connectivity index (χ1v) is 8.68. The molecule has 0 aliphatic carbocycles. The molecule has 1 unspecified atom stereocenters. The Morgan fingerprint density at radius 3 is 3.00 bits per heavy atom. The molecular weight excluding hydrogens is 272 g/mol. The van der Waals surface area contributed by atoms with Gasteiger partial charge in [0.25, 0.3) is 0 Å². The second-order valence-corrected chi connectivity index (χ2v) is 6.72. The molecule has 1 aliphatic rings. The Labute approximate surface area is 133 Å². The highest BCUT2D eigenvalue weighted by Crippen LogP contribution is 2.28. The van der Waals surface area contributed by atoms with Crippen molar-refractivity contribution in [1.29, 1.82) is 0 Å². The lowest BCUT2D eigenvalue weighted by Gasteiger charge is -2.23. The molecule has 1 fully saturated rings. The van der Waals surface area contributed by atoms with Crippen LogP contribution in [0.3, 0.4) is 0 Å². The van der Waals surface area contributed by atoms with Gasteiger partial charge < -0.3 is 14.6 Å². The SMILES string of the molecule is CCCN1CCCC1Cc1c[nH]c2ccc(OC(C)C)cc12. The first-order chi connectivity index (χ1) is 10.7. The minimum Gasteiger partial charge on any atom is -0.491 e. The summed E-state index contributed by atoms with van der Waals surface area (Å²) in [5.74, 6) is 0.972. The number of ether oxygens (including phenoxy) is 1. The lowest BCUT2D eigenvalue weighted by atomic mass is 10.0. The highest BCUT2D eigenvalue weighted by Gasteiger charge is 2.24. The molecule has 0 bridgehead atoms. The van der Waals surface area contributed by atoms with Gasteiger partial charge >= 0.3 is 0 Å². The van der Waals surface area contributed by atoms with E-state index in [9.17, 15) is 0 Å². The van der Waals surface area contributed by atoms with E-state index in [0.717, 1.165) is 12.2 Å². The molecule has 2 aromatic rings. The molecule has 1 atom stereocenters. The normalized spacial score (nSPS) is 19.4. The van der Waals surface area contributed by atoms with Crippen molar-refractivity contribution in [2.24, 2.45) is 0 Å². The van der Waals surface area contributed by atoms with Crippen molar-refractivity contribution in [2.45, 2.75) is 58.6 Å². The number of likely N-dealkylation sites (tertiary alicyclic amines) is 1. The molecular formula is C19H28N2O. The maximum absolute atomic E-state index is 5.85. The van der Waals surface area contributed by atoms with Crippen molar-refractivity contribution in [2.75, 3.05) is 13.1 Å². The number of benzene rings is 1. The van der Waals surface area contributed by atoms with E-state index in [4.69, 9.17) is 4.74 Å². The van der Waals surface area contributed by atoms with Crippen LogP contribution in [0.2, 0.25) is 0 Å². The molecule has 3 nitrogen and oxygen atoms in total. The van der Waals surface area contributed by atoms with Crippen LogP contribution >= 0.6 is 0 Å². The van der Waals surface area contributed by atoms with Crippen LogP contribution < -0.4 is 4.74 Å². The van der Waals surface area contributed by atoms with Gasteiger partial charge in [0.15, 0.2) is 0 Å². The summed E-state index contributed by atoms with van der Waals surface area (Å²) in [7, 11) is 0. The highest BCUT2D eigenvalue weighted by atomic mass is 16.5. The minimum atomic E-state index is 0.217. The summed E-state index contributed by atoms with van der Waals surface area (Å²) in [5.41, 5.74) is 2.64. The first kappa shape index (κ1) is 15.4. The van der Waals surface area contributed by atoms with Crippen LogP contribution in [0.4, 0.5) is 0 Å². The number of nitrogens with one attached hydrogen (secondary N) is 1. The van der Waals surface area contributed by atoms with Gasteiger partial charge in [-0.05, 0) is 76.4 Å². The van der Waals surface area contributed by atoms with E-state index >= 15 is 0 Å². The number of H-pyrrole nitrogens is 1. The molecule has 0 spiro atoms. The molecule has 1 aromatic carbocycles. The zero-order valence-electron chi connectivity index (χ0n) is 14.1. The van der Waals surface area contributed by atoms with Crippen molar-refractivity contribution in [1.82, 2.24) is 9.88 Å². The Bertz CT molecular complexity index is 617. The standard InChI is InChI=1S/C19H28N2O/c1-4-9-21-10-5-6-16(21)11-15-13-20-19-8-7-17(12-18(15)19)22-14(2)3/h7-8,12-14,16,20H,4-6,9-11H2,1-3H3. The van der Waals surface area contributed by atoms with Gasteiger partial charge in [0, 0.05) is 23.1 Å². The summed E-state index contributed by atoms with van der Waals surface area (Å²) in [5, 5.41) is 1.32. The Morgan fingerprint density at radius 1 is 1.36 bits per heavy atom. The molecule has 1 aliphatic heterocycles. The van der Waals surface area contributed by atoms with E-state index in [0.29, 0.717) is 6.04 Å². The van der Waals surface area contributed by atoms with Crippen molar-refractivity contribution in [3.05, 3.63) is 30.0 Å². The topological polar surface area (TPSA) is 28.3 Å². The van der Waals surface area contributed by atoms with E-state index in [1.54, 1.807) is 0 Å². The zero-order valence-corrected chi connectivity index (χ0v) is 14.1. The first-order valence-electron chi connectivity index (χ1n) is 8.68. The number of hydrogen-bond acceptors (Lipinski definition) is 2. The molecule has 3 heteroatoms. The summed E-state index contributed by atoms with van der Waals surface area (Å²) in [4.78, 5) is 6.08. The van der Waals surface area contributed by atoms with Crippen molar-refractivity contribution < 1.29 is 4.74 Å². The fourth-order valence-electron chi connectivity index (χ4n) is 3.63. The third-order valence-electron chi connectivity index (χ3n) is 4.58. The fourth-order valence-corrected chi connectivity index (χ4v) is 3.63. The van der Waals surface area contributed by atoms with Crippen molar-refractivity contribution in [3.8, 4) is 5.75 Å². The molecule has 3 rings (SSSR count). The summed E-state index contributed by atoms with van der Waals surface area (Å²) < 4.78 is 5.85. The average Bonchev–Trinajstić information content (AvgIpc) is 3.07. The summed E-state index contributed by atoms with van der Waals surface area (Å²) >= 11 is 0. The van der Waals surface area contributed by atoms with Crippen LogP contribution in [0.15, 0.2) is 24.4 Å². The number of fused-ring (bicyclic) bond motifs is 1. The summed E-state index contributed by atoms with van der Waals surface area (Å²) in [6.07, 6.45) is 7.47. The Balaban J connectivity index is 1.81. The second-order valence-electron chi connectivity index (χ2n) is 6.72. The van der Waals surface area contributed by atoms with E-state index in [1.807, 2.05) is 0 Å². The third-order valence-corrected chi connectivity index (χ3v) is 4.58. The molecule has 1 aromatic heterocycles. The van der Waals surface area contributed by atoms with Crippen LogP contribution in [-0.2, 0) is 6.42 Å². The van der Waals surface area contributed by atoms with Gasteiger partial charge in [-0.25, -0.2) is 0 Å². The van der Waals surface area contributed by atoms with E-state index < -0.39 is 0 Å². The Kier molecular flexibility index (Phi) is 4.72. The van der Waals surface area contributed by atoms with Crippen LogP contribution in [-0.4, -0.2) is 35.1 Å². The lowest BCUT2D eigenvalue weighted by Crippen LogP contribution is -2.31. The number of aromatic nitrogens is 1. The largest absolute Gasteiger partial charge is 0.491 e. The Hall–Kier alpha value is -1.48.